The third-order valence-corrected chi connectivity index (χ3v) is 2.24. The molecule has 1 aromatic heterocycles. The number of nitrogens with zero attached hydrogens (tertiary/aromatic N) is 2. The van der Waals surface area contributed by atoms with E-state index >= 15 is 0 Å². The van der Waals surface area contributed by atoms with Crippen molar-refractivity contribution in [1.82, 2.24) is 9.97 Å². The van der Waals surface area contributed by atoms with E-state index in [9.17, 15) is 0 Å². The van der Waals surface area contributed by atoms with Crippen molar-refractivity contribution in [3.63, 3.8) is 0 Å². The van der Waals surface area contributed by atoms with Crippen LogP contribution in [0.15, 0.2) is 42.6 Å². The lowest BCUT2D eigenvalue weighted by Crippen LogP contribution is -2.15. The van der Waals surface area contributed by atoms with Crippen molar-refractivity contribution in [1.29, 1.82) is 5.41 Å². The Hall–Kier alpha value is -2.63. The fourth-order valence-corrected chi connectivity index (χ4v) is 1.37. The predicted octanol–water partition coefficient (Wildman–Crippen LogP) is 1.22. The second-order valence-corrected chi connectivity index (χ2v) is 3.65. The van der Waals surface area contributed by atoms with E-state index in [-0.39, 0.29) is 11.8 Å². The highest BCUT2D eigenvalue weighted by Crippen LogP contribution is 2.08. The van der Waals surface area contributed by atoms with Crippen LogP contribution < -0.4 is 15.2 Å². The molecule has 1 heterocycles. The molecule has 2 aromatic rings. The van der Waals surface area contributed by atoms with Crippen LogP contribution in [0.2, 0.25) is 0 Å². The fourth-order valence-electron chi connectivity index (χ4n) is 1.37. The molecule has 0 unspecified atom stereocenters. The van der Waals surface area contributed by atoms with E-state index in [1.807, 2.05) is 30.3 Å². The van der Waals surface area contributed by atoms with E-state index in [4.69, 9.17) is 20.6 Å². The number of hydrogen-bond donors (Lipinski definition) is 2. The van der Waals surface area contributed by atoms with Gasteiger partial charge < -0.3 is 15.2 Å². The van der Waals surface area contributed by atoms with Crippen molar-refractivity contribution in [3.8, 4) is 11.8 Å². The molecule has 0 atom stereocenters. The largest absolute Gasteiger partial charge is 0.490 e. The lowest BCUT2D eigenvalue weighted by atomic mass is 10.3. The summed E-state index contributed by atoms with van der Waals surface area (Å²) >= 11 is 0. The molecular formula is C13H14N4O2. The summed E-state index contributed by atoms with van der Waals surface area (Å²) in [5.74, 6) is 0.664. The molecule has 0 aliphatic rings. The lowest BCUT2D eigenvalue weighted by Gasteiger charge is -2.07. The van der Waals surface area contributed by atoms with Gasteiger partial charge in [0.1, 0.15) is 30.5 Å². The van der Waals surface area contributed by atoms with Crippen LogP contribution in [-0.2, 0) is 0 Å². The van der Waals surface area contributed by atoms with Crippen LogP contribution in [0.25, 0.3) is 0 Å². The van der Waals surface area contributed by atoms with Crippen LogP contribution in [0.3, 0.4) is 0 Å². The first kappa shape index (κ1) is 12.8. The second kappa shape index (κ2) is 6.34. The van der Waals surface area contributed by atoms with Gasteiger partial charge in [-0.3, -0.25) is 5.41 Å². The Balaban J connectivity index is 1.80. The summed E-state index contributed by atoms with van der Waals surface area (Å²) in [7, 11) is 0. The molecule has 0 bridgehead atoms. The molecule has 0 saturated heterocycles. The average Bonchev–Trinajstić information content (AvgIpc) is 2.45. The first-order valence-corrected chi connectivity index (χ1v) is 5.74. The van der Waals surface area contributed by atoms with Crippen molar-refractivity contribution >= 4 is 5.84 Å². The number of amidine groups is 1. The molecule has 0 saturated carbocycles. The summed E-state index contributed by atoms with van der Waals surface area (Å²) in [5.41, 5.74) is 5.67. The van der Waals surface area contributed by atoms with E-state index in [1.165, 1.54) is 6.20 Å². The van der Waals surface area contributed by atoms with Gasteiger partial charge in [-0.05, 0) is 18.2 Å². The van der Waals surface area contributed by atoms with Gasteiger partial charge in [-0.25, -0.2) is 4.98 Å². The molecule has 0 spiro atoms. The first-order chi connectivity index (χ1) is 9.25. The van der Waals surface area contributed by atoms with Crippen LogP contribution in [0.4, 0.5) is 0 Å². The molecule has 0 fully saturated rings. The molecule has 3 N–H and O–H groups in total. The number of ether oxygens (including phenoxy) is 2. The fraction of sp³-hybridized carbons (Fsp3) is 0.154. The van der Waals surface area contributed by atoms with Gasteiger partial charge in [0.2, 0.25) is 0 Å². The summed E-state index contributed by atoms with van der Waals surface area (Å²) in [6.07, 6.45) is 1.50. The van der Waals surface area contributed by atoms with E-state index in [2.05, 4.69) is 9.97 Å². The third-order valence-electron chi connectivity index (χ3n) is 2.24. The molecule has 0 amide bonds. The van der Waals surface area contributed by atoms with E-state index < -0.39 is 0 Å². The number of nitrogens with one attached hydrogen (secondary N) is 1. The molecule has 0 aliphatic carbocycles. The number of aromatic nitrogens is 2. The van der Waals surface area contributed by atoms with Crippen LogP contribution in [0.1, 0.15) is 5.69 Å². The maximum absolute atomic E-state index is 7.26. The van der Waals surface area contributed by atoms with Gasteiger partial charge in [-0.1, -0.05) is 18.2 Å². The Kier molecular flexibility index (Phi) is 4.28. The summed E-state index contributed by atoms with van der Waals surface area (Å²) in [4.78, 5) is 7.90. The van der Waals surface area contributed by atoms with Crippen molar-refractivity contribution in [2.75, 3.05) is 13.2 Å². The monoisotopic (exact) mass is 258 g/mol. The van der Waals surface area contributed by atoms with Gasteiger partial charge in [-0.15, -0.1) is 0 Å². The summed E-state index contributed by atoms with van der Waals surface area (Å²) in [6, 6.07) is 11.2. The topological polar surface area (TPSA) is 94.1 Å². The van der Waals surface area contributed by atoms with Gasteiger partial charge in [0.05, 0.1) is 0 Å². The Morgan fingerprint density at radius 1 is 1.11 bits per heavy atom. The van der Waals surface area contributed by atoms with Gasteiger partial charge >= 0.3 is 6.01 Å². The molecule has 2 rings (SSSR count). The van der Waals surface area contributed by atoms with E-state index in [0.29, 0.717) is 18.9 Å². The van der Waals surface area contributed by atoms with E-state index in [0.717, 1.165) is 5.75 Å². The second-order valence-electron chi connectivity index (χ2n) is 3.65. The molecule has 6 nitrogen and oxygen atoms in total. The molecule has 0 aliphatic heterocycles. The van der Waals surface area contributed by atoms with Gasteiger partial charge in [0.15, 0.2) is 0 Å². The molecule has 0 radical (unpaired) electrons. The Morgan fingerprint density at radius 2 is 1.84 bits per heavy atom. The number of nitrogen functional groups attached to an aromatic ring is 1. The van der Waals surface area contributed by atoms with Gasteiger partial charge in [-0.2, -0.15) is 4.98 Å². The Bertz CT molecular complexity index is 545. The number of benzene rings is 1. The van der Waals surface area contributed by atoms with Crippen molar-refractivity contribution in [3.05, 3.63) is 48.3 Å². The zero-order valence-electron chi connectivity index (χ0n) is 10.2. The number of rotatable bonds is 6. The average molecular weight is 258 g/mol. The quantitative estimate of drug-likeness (QED) is 0.461. The lowest BCUT2D eigenvalue weighted by molar-refractivity contribution is 0.206. The van der Waals surface area contributed by atoms with Crippen molar-refractivity contribution in [2.24, 2.45) is 5.73 Å². The van der Waals surface area contributed by atoms with Crippen LogP contribution in [-0.4, -0.2) is 29.0 Å². The SMILES string of the molecule is N=C(N)c1ccnc(OCCOc2ccccc2)n1. The van der Waals surface area contributed by atoms with Crippen molar-refractivity contribution in [2.45, 2.75) is 0 Å². The molecule has 19 heavy (non-hydrogen) atoms. The maximum atomic E-state index is 7.26. The molecule has 98 valence electrons. The van der Waals surface area contributed by atoms with Crippen LogP contribution in [0, 0.1) is 5.41 Å². The maximum Gasteiger partial charge on any atom is 0.317 e. The zero-order chi connectivity index (χ0) is 13.5. The number of nitrogens with two attached hydrogens (primary N) is 1. The highest BCUT2D eigenvalue weighted by Gasteiger charge is 2.02. The third kappa shape index (κ3) is 3.95. The Morgan fingerprint density at radius 3 is 2.58 bits per heavy atom. The van der Waals surface area contributed by atoms with Crippen LogP contribution in [0.5, 0.6) is 11.8 Å². The summed E-state index contributed by atoms with van der Waals surface area (Å²) < 4.78 is 10.8. The standard InChI is InChI=1S/C13H14N4O2/c14-12(15)11-6-7-16-13(17-11)19-9-8-18-10-4-2-1-3-5-10/h1-7H,8-9H2,(H3,14,15). The summed E-state index contributed by atoms with van der Waals surface area (Å²) in [5, 5.41) is 7.26. The predicted molar refractivity (Wildman–Crippen MR) is 70.5 cm³/mol. The first-order valence-electron chi connectivity index (χ1n) is 5.74. The molecule has 1 aromatic carbocycles. The summed E-state index contributed by atoms with van der Waals surface area (Å²) in [6.45, 7) is 0.702. The Labute approximate surface area is 110 Å². The minimum atomic E-state index is -0.118. The molecule has 6 heteroatoms. The highest BCUT2D eigenvalue weighted by molar-refractivity contribution is 5.92. The minimum Gasteiger partial charge on any atom is -0.490 e. The normalized spacial score (nSPS) is 9.89. The van der Waals surface area contributed by atoms with Gasteiger partial charge in [0.25, 0.3) is 0 Å². The number of para-hydroxylation sites is 1. The number of hydrogen-bond acceptors (Lipinski definition) is 5. The van der Waals surface area contributed by atoms with Crippen molar-refractivity contribution < 1.29 is 9.47 Å². The molecular weight excluding hydrogens is 244 g/mol. The smallest absolute Gasteiger partial charge is 0.317 e. The zero-order valence-corrected chi connectivity index (χ0v) is 10.2. The van der Waals surface area contributed by atoms with Crippen LogP contribution >= 0.6 is 0 Å². The minimum absolute atomic E-state index is 0.118. The van der Waals surface area contributed by atoms with E-state index in [1.54, 1.807) is 6.07 Å². The van der Waals surface area contributed by atoms with Gasteiger partial charge in [0, 0.05) is 6.20 Å². The highest BCUT2D eigenvalue weighted by atomic mass is 16.5.